The largest absolute Gasteiger partial charge is 0.0879 e. The highest BCUT2D eigenvalue weighted by Gasteiger charge is 2.20. The molecule has 0 aliphatic heterocycles. The summed E-state index contributed by atoms with van der Waals surface area (Å²) < 4.78 is 0. The smallest absolute Gasteiger partial charge is 0.0162 e. The van der Waals surface area contributed by atoms with E-state index in [0.717, 1.165) is 11.8 Å². The third kappa shape index (κ3) is 5.59. The Labute approximate surface area is 154 Å². The van der Waals surface area contributed by atoms with Crippen molar-refractivity contribution in [3.63, 3.8) is 0 Å². The summed E-state index contributed by atoms with van der Waals surface area (Å²) in [7, 11) is 0. The lowest BCUT2D eigenvalue weighted by molar-refractivity contribution is 0.375. The first kappa shape index (κ1) is 18.0. The van der Waals surface area contributed by atoms with E-state index >= 15 is 0 Å². The molecule has 1 saturated carbocycles. The van der Waals surface area contributed by atoms with Gasteiger partial charge in [0.05, 0.1) is 0 Å². The lowest BCUT2D eigenvalue weighted by Gasteiger charge is -2.27. The van der Waals surface area contributed by atoms with E-state index in [4.69, 9.17) is 0 Å². The fourth-order valence-electron chi connectivity index (χ4n) is 4.07. The molecule has 0 atom stereocenters. The fraction of sp³-hybridized carbons (Fsp3) is 0.440. The van der Waals surface area contributed by atoms with Crippen LogP contribution in [-0.2, 0) is 12.8 Å². The molecule has 0 amide bonds. The first-order valence-corrected chi connectivity index (χ1v) is 10.1. The van der Waals surface area contributed by atoms with Crippen LogP contribution in [0.15, 0.2) is 66.7 Å². The number of hydrogen-bond acceptors (Lipinski definition) is 0. The van der Waals surface area contributed by atoms with Crippen molar-refractivity contribution in [1.82, 2.24) is 0 Å². The van der Waals surface area contributed by atoms with E-state index in [2.05, 4.69) is 73.7 Å². The van der Waals surface area contributed by atoms with E-state index in [9.17, 15) is 0 Å². The van der Waals surface area contributed by atoms with Gasteiger partial charge in [-0.25, -0.2) is 0 Å². The molecule has 0 heteroatoms. The van der Waals surface area contributed by atoms with Crippen molar-refractivity contribution in [2.45, 2.75) is 64.2 Å². The van der Waals surface area contributed by atoms with Crippen LogP contribution >= 0.6 is 0 Å². The van der Waals surface area contributed by atoms with Crippen LogP contribution in [0.5, 0.6) is 0 Å². The average molecular weight is 333 g/mol. The van der Waals surface area contributed by atoms with Gasteiger partial charge in [-0.05, 0) is 73.5 Å². The Morgan fingerprint density at radius 1 is 0.800 bits per heavy atom. The van der Waals surface area contributed by atoms with Crippen LogP contribution < -0.4 is 0 Å². The van der Waals surface area contributed by atoms with Crippen molar-refractivity contribution >= 4 is 0 Å². The van der Waals surface area contributed by atoms with Crippen molar-refractivity contribution < 1.29 is 0 Å². The number of allylic oxidation sites excluding steroid dienone is 2. The summed E-state index contributed by atoms with van der Waals surface area (Å²) in [5.41, 5.74) is 4.48. The molecular formula is C25H32. The minimum atomic E-state index is 0.785. The average Bonchev–Trinajstić information content (AvgIpc) is 2.68. The molecule has 0 bridgehead atoms. The number of aryl methyl sites for hydroxylation is 2. The molecule has 0 saturated heterocycles. The molecule has 0 unspecified atom stereocenters. The zero-order valence-corrected chi connectivity index (χ0v) is 15.7. The Morgan fingerprint density at radius 3 is 2.08 bits per heavy atom. The molecule has 132 valence electrons. The van der Waals surface area contributed by atoms with Crippen LogP contribution in [0.25, 0.3) is 0 Å². The van der Waals surface area contributed by atoms with Crippen LogP contribution in [0, 0.1) is 5.92 Å². The van der Waals surface area contributed by atoms with Gasteiger partial charge in [0.2, 0.25) is 0 Å². The van der Waals surface area contributed by atoms with Crippen molar-refractivity contribution in [2.24, 2.45) is 5.92 Å². The van der Waals surface area contributed by atoms with Gasteiger partial charge >= 0.3 is 0 Å². The molecule has 1 aliphatic rings. The Balaban J connectivity index is 1.39. The molecule has 0 spiro atoms. The third-order valence-corrected chi connectivity index (χ3v) is 5.61. The van der Waals surface area contributed by atoms with Gasteiger partial charge in [0.1, 0.15) is 0 Å². The fourth-order valence-corrected chi connectivity index (χ4v) is 4.07. The second-order valence-electron chi connectivity index (χ2n) is 7.56. The van der Waals surface area contributed by atoms with Gasteiger partial charge in [0.25, 0.3) is 0 Å². The zero-order valence-electron chi connectivity index (χ0n) is 15.7. The van der Waals surface area contributed by atoms with Crippen LogP contribution in [0.4, 0.5) is 0 Å². The molecular weight excluding hydrogens is 300 g/mol. The van der Waals surface area contributed by atoms with Crippen molar-refractivity contribution in [2.75, 3.05) is 0 Å². The summed E-state index contributed by atoms with van der Waals surface area (Å²) in [4.78, 5) is 0. The Kier molecular flexibility index (Phi) is 6.91. The molecule has 0 heterocycles. The minimum absolute atomic E-state index is 0.785. The predicted molar refractivity (Wildman–Crippen MR) is 109 cm³/mol. The highest BCUT2D eigenvalue weighted by Crippen LogP contribution is 2.36. The molecule has 2 aromatic rings. The summed E-state index contributed by atoms with van der Waals surface area (Å²) in [5, 5.41) is 0. The minimum Gasteiger partial charge on any atom is -0.0879 e. The molecule has 1 aliphatic carbocycles. The van der Waals surface area contributed by atoms with Crippen LogP contribution in [0.2, 0.25) is 0 Å². The van der Waals surface area contributed by atoms with Gasteiger partial charge in [-0.1, -0.05) is 80.1 Å². The molecule has 25 heavy (non-hydrogen) atoms. The third-order valence-electron chi connectivity index (χ3n) is 5.61. The van der Waals surface area contributed by atoms with E-state index in [0.29, 0.717) is 0 Å². The number of benzene rings is 2. The lowest BCUT2D eigenvalue weighted by atomic mass is 9.78. The molecule has 0 radical (unpaired) electrons. The van der Waals surface area contributed by atoms with Crippen molar-refractivity contribution in [3.8, 4) is 0 Å². The maximum Gasteiger partial charge on any atom is -0.0162 e. The van der Waals surface area contributed by atoms with Gasteiger partial charge in [0, 0.05) is 0 Å². The topological polar surface area (TPSA) is 0 Å². The monoisotopic (exact) mass is 332 g/mol. The van der Waals surface area contributed by atoms with E-state index in [1.165, 1.54) is 68.1 Å². The highest BCUT2D eigenvalue weighted by molar-refractivity contribution is 5.23. The van der Waals surface area contributed by atoms with E-state index in [1.54, 1.807) is 0 Å². The Bertz CT molecular complexity index is 627. The van der Waals surface area contributed by atoms with Gasteiger partial charge in [0.15, 0.2) is 0 Å². The van der Waals surface area contributed by atoms with E-state index < -0.39 is 0 Å². The standard InChI is InChI=1S/C25H32/c1-2-8-21-13-15-22(16-14-21)9-6-7-10-23-17-19-25(20-18-23)24-11-4-3-5-12-24/h3-5,7,10-16,23,25H,2,6,8-9,17-20H2,1H3. The van der Waals surface area contributed by atoms with E-state index in [1.807, 2.05) is 0 Å². The maximum absolute atomic E-state index is 2.49. The summed E-state index contributed by atoms with van der Waals surface area (Å²) in [6.07, 6.45) is 15.1. The van der Waals surface area contributed by atoms with Crippen molar-refractivity contribution in [1.29, 1.82) is 0 Å². The van der Waals surface area contributed by atoms with Gasteiger partial charge in [-0.15, -0.1) is 0 Å². The van der Waals surface area contributed by atoms with Gasteiger partial charge in [-0.3, -0.25) is 0 Å². The number of hydrogen-bond donors (Lipinski definition) is 0. The lowest BCUT2D eigenvalue weighted by Crippen LogP contribution is -2.11. The van der Waals surface area contributed by atoms with Crippen LogP contribution in [0.3, 0.4) is 0 Å². The summed E-state index contributed by atoms with van der Waals surface area (Å²) in [6, 6.07) is 20.3. The molecule has 1 fully saturated rings. The quantitative estimate of drug-likeness (QED) is 0.474. The first-order valence-electron chi connectivity index (χ1n) is 10.1. The number of rotatable bonds is 7. The molecule has 2 aromatic carbocycles. The normalized spacial score (nSPS) is 20.8. The molecule has 3 rings (SSSR count). The Morgan fingerprint density at radius 2 is 1.44 bits per heavy atom. The summed E-state index contributed by atoms with van der Waals surface area (Å²) in [6.45, 7) is 2.24. The second-order valence-corrected chi connectivity index (χ2v) is 7.56. The van der Waals surface area contributed by atoms with E-state index in [-0.39, 0.29) is 0 Å². The summed E-state index contributed by atoms with van der Waals surface area (Å²) >= 11 is 0. The van der Waals surface area contributed by atoms with Crippen LogP contribution in [0.1, 0.15) is 68.1 Å². The first-order chi connectivity index (χ1) is 12.3. The predicted octanol–water partition coefficient (Wildman–Crippen LogP) is 7.10. The molecule has 0 aromatic heterocycles. The molecule has 0 nitrogen and oxygen atoms in total. The Hall–Kier alpha value is -1.82. The van der Waals surface area contributed by atoms with Crippen molar-refractivity contribution in [3.05, 3.63) is 83.4 Å². The maximum atomic E-state index is 2.49. The molecule has 0 N–H and O–H groups in total. The highest BCUT2D eigenvalue weighted by atomic mass is 14.2. The summed E-state index contributed by atoms with van der Waals surface area (Å²) in [5.74, 6) is 1.58. The van der Waals surface area contributed by atoms with Gasteiger partial charge < -0.3 is 0 Å². The SMILES string of the molecule is CCCc1ccc(CCC=CC2CCC(c3ccccc3)CC2)cc1. The van der Waals surface area contributed by atoms with Crippen LogP contribution in [-0.4, -0.2) is 0 Å². The van der Waals surface area contributed by atoms with Gasteiger partial charge in [-0.2, -0.15) is 0 Å². The zero-order chi connectivity index (χ0) is 17.3. The second kappa shape index (κ2) is 9.61.